The van der Waals surface area contributed by atoms with Crippen LogP contribution in [-0.2, 0) is 0 Å². The van der Waals surface area contributed by atoms with Crippen LogP contribution in [0, 0.1) is 40.9 Å². The molecule has 0 aromatic rings. The lowest BCUT2D eigenvalue weighted by Crippen LogP contribution is -2.50. The van der Waals surface area contributed by atoms with E-state index in [4.69, 9.17) is 0 Å². The van der Waals surface area contributed by atoms with Gasteiger partial charge in [0.05, 0.1) is 0 Å². The van der Waals surface area contributed by atoms with Crippen molar-refractivity contribution in [2.75, 3.05) is 6.61 Å². The second kappa shape index (κ2) is 5.72. The number of rotatable bonds is 2. The SMILES string of the molecule is CC(C)C1=CC2CCC3C(C(C)CCC3(C)CO)C2CC1. The molecule has 1 heteroatoms. The molecule has 2 saturated carbocycles. The number of aliphatic hydroxyl groups excluding tert-OH is 1. The van der Waals surface area contributed by atoms with Gasteiger partial charge in [-0.15, -0.1) is 0 Å². The third-order valence-corrected chi connectivity index (χ3v) is 7.34. The summed E-state index contributed by atoms with van der Waals surface area (Å²) in [6.07, 6.45) is 10.6. The van der Waals surface area contributed by atoms with Crippen LogP contribution >= 0.6 is 0 Å². The average molecular weight is 290 g/mol. The van der Waals surface area contributed by atoms with Gasteiger partial charge in [-0.1, -0.05) is 39.3 Å². The lowest BCUT2D eigenvalue weighted by molar-refractivity contribution is -0.0813. The molecule has 0 aromatic carbocycles. The average Bonchev–Trinajstić information content (AvgIpc) is 2.49. The van der Waals surface area contributed by atoms with Crippen LogP contribution in [0.5, 0.6) is 0 Å². The second-order valence-corrected chi connectivity index (χ2v) is 8.85. The lowest BCUT2D eigenvalue weighted by atomic mass is 9.49. The first-order valence-electron chi connectivity index (χ1n) is 9.27. The highest BCUT2D eigenvalue weighted by atomic mass is 16.3. The molecule has 0 amide bonds. The van der Waals surface area contributed by atoms with E-state index in [2.05, 4.69) is 33.8 Å². The quantitative estimate of drug-likeness (QED) is 0.706. The van der Waals surface area contributed by atoms with Gasteiger partial charge in [-0.3, -0.25) is 0 Å². The molecule has 0 spiro atoms. The van der Waals surface area contributed by atoms with Gasteiger partial charge in [0.2, 0.25) is 0 Å². The molecule has 3 rings (SSSR count). The van der Waals surface area contributed by atoms with Crippen molar-refractivity contribution in [2.45, 2.75) is 66.2 Å². The van der Waals surface area contributed by atoms with E-state index < -0.39 is 0 Å². The highest BCUT2D eigenvalue weighted by Gasteiger charge is 2.51. The lowest BCUT2D eigenvalue weighted by Gasteiger charge is -2.56. The van der Waals surface area contributed by atoms with Crippen molar-refractivity contribution >= 4 is 0 Å². The van der Waals surface area contributed by atoms with Gasteiger partial charge in [0.1, 0.15) is 0 Å². The van der Waals surface area contributed by atoms with E-state index in [1.54, 1.807) is 5.57 Å². The highest BCUT2D eigenvalue weighted by molar-refractivity contribution is 5.15. The van der Waals surface area contributed by atoms with E-state index in [1.165, 1.54) is 38.5 Å². The predicted molar refractivity (Wildman–Crippen MR) is 88.9 cm³/mol. The molecule has 3 aliphatic carbocycles. The summed E-state index contributed by atoms with van der Waals surface area (Å²) in [5, 5.41) is 9.97. The molecule has 6 unspecified atom stereocenters. The van der Waals surface area contributed by atoms with Crippen molar-refractivity contribution in [3.05, 3.63) is 11.6 Å². The fourth-order valence-electron chi connectivity index (χ4n) is 5.91. The van der Waals surface area contributed by atoms with Crippen LogP contribution in [-0.4, -0.2) is 11.7 Å². The Morgan fingerprint density at radius 3 is 2.67 bits per heavy atom. The van der Waals surface area contributed by atoms with Crippen LogP contribution in [0.3, 0.4) is 0 Å². The molecule has 0 aliphatic heterocycles. The molecular formula is C20H34O. The van der Waals surface area contributed by atoms with E-state index in [0.29, 0.717) is 6.61 Å². The van der Waals surface area contributed by atoms with Gasteiger partial charge in [-0.05, 0) is 79.4 Å². The first kappa shape index (κ1) is 15.6. The Morgan fingerprint density at radius 2 is 2.00 bits per heavy atom. The van der Waals surface area contributed by atoms with E-state index in [1.807, 2.05) is 0 Å². The Balaban J connectivity index is 1.86. The van der Waals surface area contributed by atoms with Crippen molar-refractivity contribution in [2.24, 2.45) is 40.9 Å². The molecule has 0 aromatic heterocycles. The van der Waals surface area contributed by atoms with Gasteiger partial charge in [0.25, 0.3) is 0 Å². The van der Waals surface area contributed by atoms with Gasteiger partial charge < -0.3 is 5.11 Å². The Bertz CT molecular complexity index is 410. The molecule has 3 aliphatic rings. The Labute approximate surface area is 131 Å². The molecule has 1 N–H and O–H groups in total. The molecule has 2 fully saturated rings. The summed E-state index contributed by atoms with van der Waals surface area (Å²) in [7, 11) is 0. The van der Waals surface area contributed by atoms with Gasteiger partial charge in [0, 0.05) is 6.61 Å². The summed E-state index contributed by atoms with van der Waals surface area (Å²) in [6.45, 7) is 9.94. The van der Waals surface area contributed by atoms with Crippen LogP contribution in [0.25, 0.3) is 0 Å². The molecule has 6 atom stereocenters. The van der Waals surface area contributed by atoms with Gasteiger partial charge in [0.15, 0.2) is 0 Å². The molecule has 0 heterocycles. The topological polar surface area (TPSA) is 20.2 Å². The number of hydrogen-bond acceptors (Lipinski definition) is 1. The molecule has 120 valence electrons. The maximum atomic E-state index is 9.97. The summed E-state index contributed by atoms with van der Waals surface area (Å²) in [6, 6.07) is 0. The van der Waals surface area contributed by atoms with Crippen LogP contribution in [0.15, 0.2) is 11.6 Å². The maximum Gasteiger partial charge on any atom is 0.0487 e. The van der Waals surface area contributed by atoms with E-state index in [-0.39, 0.29) is 5.41 Å². The van der Waals surface area contributed by atoms with Crippen molar-refractivity contribution in [1.82, 2.24) is 0 Å². The van der Waals surface area contributed by atoms with Crippen molar-refractivity contribution in [3.63, 3.8) is 0 Å². The van der Waals surface area contributed by atoms with Crippen molar-refractivity contribution < 1.29 is 5.11 Å². The van der Waals surface area contributed by atoms with Crippen LogP contribution in [0.2, 0.25) is 0 Å². The fraction of sp³-hybridized carbons (Fsp3) is 0.900. The van der Waals surface area contributed by atoms with Crippen molar-refractivity contribution in [1.29, 1.82) is 0 Å². The second-order valence-electron chi connectivity index (χ2n) is 8.85. The van der Waals surface area contributed by atoms with Gasteiger partial charge >= 0.3 is 0 Å². The van der Waals surface area contributed by atoms with Crippen LogP contribution in [0.1, 0.15) is 66.2 Å². The zero-order chi connectivity index (χ0) is 15.2. The third-order valence-electron chi connectivity index (χ3n) is 7.34. The van der Waals surface area contributed by atoms with Crippen molar-refractivity contribution in [3.8, 4) is 0 Å². The maximum absolute atomic E-state index is 9.97. The summed E-state index contributed by atoms with van der Waals surface area (Å²) >= 11 is 0. The highest BCUT2D eigenvalue weighted by Crippen LogP contribution is 2.58. The number of fused-ring (bicyclic) bond motifs is 3. The molecule has 0 radical (unpaired) electrons. The molecule has 0 bridgehead atoms. The predicted octanol–water partition coefficient (Wildman–Crippen LogP) is 5.05. The summed E-state index contributed by atoms with van der Waals surface area (Å²) in [5.41, 5.74) is 1.91. The van der Waals surface area contributed by atoms with Crippen LogP contribution in [0.4, 0.5) is 0 Å². The first-order valence-corrected chi connectivity index (χ1v) is 9.27. The van der Waals surface area contributed by atoms with Gasteiger partial charge in [-0.2, -0.15) is 0 Å². The minimum absolute atomic E-state index is 0.199. The molecular weight excluding hydrogens is 256 g/mol. The van der Waals surface area contributed by atoms with E-state index >= 15 is 0 Å². The Morgan fingerprint density at radius 1 is 1.24 bits per heavy atom. The largest absolute Gasteiger partial charge is 0.396 e. The zero-order valence-electron chi connectivity index (χ0n) is 14.4. The standard InChI is InChI=1S/C20H34O/c1-13(2)15-5-7-17-16(11-15)6-8-18-19(17)14(3)9-10-20(18,4)12-21/h11,13-14,16-19,21H,5-10,12H2,1-4H3. The fourth-order valence-corrected chi connectivity index (χ4v) is 5.91. The molecule has 1 nitrogen and oxygen atoms in total. The molecule has 0 saturated heterocycles. The Hall–Kier alpha value is -0.300. The minimum Gasteiger partial charge on any atom is -0.396 e. The van der Waals surface area contributed by atoms with E-state index in [0.717, 1.165) is 35.5 Å². The van der Waals surface area contributed by atoms with Gasteiger partial charge in [-0.25, -0.2) is 0 Å². The van der Waals surface area contributed by atoms with E-state index in [9.17, 15) is 5.11 Å². The normalized spacial score (nSPS) is 46.8. The van der Waals surface area contributed by atoms with Crippen LogP contribution < -0.4 is 0 Å². The summed E-state index contributed by atoms with van der Waals surface area (Å²) in [4.78, 5) is 0. The summed E-state index contributed by atoms with van der Waals surface area (Å²) in [5.74, 6) is 4.95. The Kier molecular flexibility index (Phi) is 4.25. The smallest absolute Gasteiger partial charge is 0.0487 e. The minimum atomic E-state index is 0.199. The first-order chi connectivity index (χ1) is 9.96. The monoisotopic (exact) mass is 290 g/mol. The number of allylic oxidation sites excluding steroid dienone is 2. The third kappa shape index (κ3) is 2.60. The number of aliphatic hydroxyl groups is 1. The molecule has 21 heavy (non-hydrogen) atoms. The zero-order valence-corrected chi connectivity index (χ0v) is 14.4. The summed E-state index contributed by atoms with van der Waals surface area (Å²) < 4.78 is 0. The number of hydrogen-bond donors (Lipinski definition) is 1.